The molecular weight excluding hydrogens is 292 g/mol. The molecule has 0 spiro atoms. The van der Waals surface area contributed by atoms with Crippen LogP contribution < -0.4 is 5.32 Å². The lowest BCUT2D eigenvalue weighted by molar-refractivity contribution is 0.0953. The van der Waals surface area contributed by atoms with Gasteiger partial charge >= 0.3 is 0 Å². The van der Waals surface area contributed by atoms with Crippen molar-refractivity contribution in [2.24, 2.45) is 0 Å². The number of benzene rings is 1. The van der Waals surface area contributed by atoms with Crippen LogP contribution >= 0.6 is 15.9 Å². The summed E-state index contributed by atoms with van der Waals surface area (Å²) < 4.78 is 0. The van der Waals surface area contributed by atoms with Crippen molar-refractivity contribution in [1.29, 1.82) is 5.26 Å². The molecule has 0 bridgehead atoms. The highest BCUT2D eigenvalue weighted by Crippen LogP contribution is 2.05. The van der Waals surface area contributed by atoms with Crippen LogP contribution in [0.5, 0.6) is 0 Å². The van der Waals surface area contributed by atoms with Crippen molar-refractivity contribution >= 4 is 21.8 Å². The normalized spacial score (nSPS) is 9.78. The number of nitrogens with one attached hydrogen (secondary N) is 1. The maximum Gasteiger partial charge on any atom is 0.251 e. The molecule has 0 fully saturated rings. The van der Waals surface area contributed by atoms with Crippen LogP contribution in [0.3, 0.4) is 0 Å². The van der Waals surface area contributed by atoms with Crippen LogP contribution in [0.4, 0.5) is 0 Å². The number of carbonyl (C=O) groups excluding carboxylic acids is 1. The molecule has 0 unspecified atom stereocenters. The average Bonchev–Trinajstić information content (AvgIpc) is 2.42. The summed E-state index contributed by atoms with van der Waals surface area (Å²) in [6, 6.07) is 8.78. The van der Waals surface area contributed by atoms with Gasteiger partial charge in [-0.05, 0) is 31.0 Å². The Kier molecular flexibility index (Phi) is 7.12. The highest BCUT2D eigenvalue weighted by atomic mass is 79.9. The molecule has 1 amide bonds. The first-order valence-corrected chi connectivity index (χ1v) is 7.24. The number of amides is 1. The van der Waals surface area contributed by atoms with E-state index in [1.807, 2.05) is 6.07 Å². The average molecular weight is 309 g/mol. The first-order valence-electron chi connectivity index (χ1n) is 6.12. The van der Waals surface area contributed by atoms with Crippen LogP contribution in [0.1, 0.15) is 41.6 Å². The molecule has 0 aliphatic carbocycles. The van der Waals surface area contributed by atoms with Crippen LogP contribution in [-0.2, 0) is 0 Å². The van der Waals surface area contributed by atoms with Gasteiger partial charge in [-0.2, -0.15) is 5.26 Å². The Morgan fingerprint density at radius 3 is 2.78 bits per heavy atom. The van der Waals surface area contributed by atoms with Gasteiger partial charge < -0.3 is 5.32 Å². The Hall–Kier alpha value is -1.34. The van der Waals surface area contributed by atoms with E-state index in [2.05, 4.69) is 21.2 Å². The first kappa shape index (κ1) is 14.7. The summed E-state index contributed by atoms with van der Waals surface area (Å²) in [6.07, 6.45) is 4.49. The second kappa shape index (κ2) is 8.71. The molecule has 96 valence electrons. The first-order chi connectivity index (χ1) is 8.77. The summed E-state index contributed by atoms with van der Waals surface area (Å²) in [5.74, 6) is -0.104. The van der Waals surface area contributed by atoms with Crippen molar-refractivity contribution < 1.29 is 4.79 Å². The van der Waals surface area contributed by atoms with Crippen LogP contribution in [0, 0.1) is 11.3 Å². The third-order valence-electron chi connectivity index (χ3n) is 2.60. The fourth-order valence-corrected chi connectivity index (χ4v) is 2.00. The number of hydrogen-bond acceptors (Lipinski definition) is 2. The Balaban J connectivity index is 2.30. The lowest BCUT2D eigenvalue weighted by Crippen LogP contribution is -2.24. The Labute approximate surface area is 116 Å². The minimum atomic E-state index is -0.104. The number of alkyl halides is 1. The van der Waals surface area contributed by atoms with Crippen LogP contribution in [0.15, 0.2) is 24.3 Å². The maximum atomic E-state index is 11.8. The van der Waals surface area contributed by atoms with Crippen LogP contribution in [0.25, 0.3) is 0 Å². The third kappa shape index (κ3) is 5.33. The van der Waals surface area contributed by atoms with Crippen molar-refractivity contribution in [1.82, 2.24) is 5.32 Å². The molecule has 1 aromatic rings. The van der Waals surface area contributed by atoms with Gasteiger partial charge in [-0.3, -0.25) is 4.79 Å². The van der Waals surface area contributed by atoms with Crippen molar-refractivity contribution in [3.05, 3.63) is 35.4 Å². The molecule has 0 saturated carbocycles. The number of halogens is 1. The summed E-state index contributed by atoms with van der Waals surface area (Å²) in [5.41, 5.74) is 1.06. The molecule has 18 heavy (non-hydrogen) atoms. The third-order valence-corrected chi connectivity index (χ3v) is 3.16. The lowest BCUT2D eigenvalue weighted by Gasteiger charge is -2.05. The van der Waals surface area contributed by atoms with Gasteiger partial charge in [0.25, 0.3) is 5.91 Å². The maximum absolute atomic E-state index is 11.8. The molecule has 1 N–H and O–H groups in total. The highest BCUT2D eigenvalue weighted by Gasteiger charge is 2.04. The molecule has 0 heterocycles. The van der Waals surface area contributed by atoms with Crippen LogP contribution in [0.2, 0.25) is 0 Å². The van der Waals surface area contributed by atoms with Gasteiger partial charge in [-0.1, -0.05) is 34.8 Å². The van der Waals surface area contributed by atoms with E-state index in [0.717, 1.165) is 18.2 Å². The molecule has 3 nitrogen and oxygen atoms in total. The number of nitriles is 1. The predicted octanol–water partition coefficient (Wildman–Crippen LogP) is 3.24. The van der Waals surface area contributed by atoms with E-state index in [0.29, 0.717) is 17.7 Å². The quantitative estimate of drug-likeness (QED) is 0.621. The van der Waals surface area contributed by atoms with E-state index in [1.165, 1.54) is 12.8 Å². The molecular formula is C14H17BrN2O. The zero-order chi connectivity index (χ0) is 13.2. The van der Waals surface area contributed by atoms with Crippen molar-refractivity contribution in [3.63, 3.8) is 0 Å². The Bertz CT molecular complexity index is 426. The van der Waals surface area contributed by atoms with Gasteiger partial charge in [0.2, 0.25) is 0 Å². The van der Waals surface area contributed by atoms with E-state index in [4.69, 9.17) is 5.26 Å². The molecule has 0 aliphatic rings. The second-order valence-corrected chi connectivity index (χ2v) is 4.84. The van der Waals surface area contributed by atoms with Crippen LogP contribution in [-0.4, -0.2) is 17.8 Å². The smallest absolute Gasteiger partial charge is 0.251 e. The summed E-state index contributed by atoms with van der Waals surface area (Å²) in [7, 11) is 0. The zero-order valence-electron chi connectivity index (χ0n) is 10.3. The van der Waals surface area contributed by atoms with E-state index in [1.54, 1.807) is 24.3 Å². The summed E-state index contributed by atoms with van der Waals surface area (Å²) in [5, 5.41) is 12.7. The van der Waals surface area contributed by atoms with Gasteiger partial charge in [-0.15, -0.1) is 0 Å². The lowest BCUT2D eigenvalue weighted by atomic mass is 10.1. The fourth-order valence-electron chi connectivity index (χ4n) is 1.61. The molecule has 0 atom stereocenters. The minimum absolute atomic E-state index is 0.104. The highest BCUT2D eigenvalue weighted by molar-refractivity contribution is 9.09. The fraction of sp³-hybridized carbons (Fsp3) is 0.429. The largest absolute Gasteiger partial charge is 0.352 e. The Morgan fingerprint density at radius 2 is 2.06 bits per heavy atom. The SMILES string of the molecule is N#Cc1cccc(C(=O)NCCCCCCBr)c1. The number of hydrogen-bond donors (Lipinski definition) is 1. The standard InChI is InChI=1S/C14H17BrN2O/c15-8-3-1-2-4-9-17-14(18)13-7-5-6-12(10-13)11-16/h5-7,10H,1-4,8-9H2,(H,17,18). The molecule has 0 saturated heterocycles. The number of nitrogens with zero attached hydrogens (tertiary/aromatic N) is 1. The van der Waals surface area contributed by atoms with E-state index in [-0.39, 0.29) is 5.91 Å². The predicted molar refractivity (Wildman–Crippen MR) is 75.8 cm³/mol. The van der Waals surface area contributed by atoms with E-state index >= 15 is 0 Å². The topological polar surface area (TPSA) is 52.9 Å². The van der Waals surface area contributed by atoms with E-state index in [9.17, 15) is 4.79 Å². The number of unbranched alkanes of at least 4 members (excludes halogenated alkanes) is 3. The molecule has 1 rings (SSSR count). The van der Waals surface area contributed by atoms with Crippen molar-refractivity contribution in [3.8, 4) is 6.07 Å². The second-order valence-electron chi connectivity index (χ2n) is 4.05. The summed E-state index contributed by atoms with van der Waals surface area (Å²) in [6.45, 7) is 0.692. The molecule has 0 radical (unpaired) electrons. The molecule has 4 heteroatoms. The molecule has 0 aliphatic heterocycles. The van der Waals surface area contributed by atoms with Gasteiger partial charge in [0, 0.05) is 17.4 Å². The minimum Gasteiger partial charge on any atom is -0.352 e. The van der Waals surface area contributed by atoms with Crippen molar-refractivity contribution in [2.75, 3.05) is 11.9 Å². The molecule has 1 aromatic carbocycles. The molecule has 0 aromatic heterocycles. The van der Waals surface area contributed by atoms with Gasteiger partial charge in [0.15, 0.2) is 0 Å². The number of rotatable bonds is 7. The zero-order valence-corrected chi connectivity index (χ0v) is 11.9. The van der Waals surface area contributed by atoms with E-state index < -0.39 is 0 Å². The van der Waals surface area contributed by atoms with Crippen molar-refractivity contribution in [2.45, 2.75) is 25.7 Å². The monoisotopic (exact) mass is 308 g/mol. The number of carbonyl (C=O) groups is 1. The summed E-state index contributed by atoms with van der Waals surface area (Å²) in [4.78, 5) is 11.8. The van der Waals surface area contributed by atoms with Gasteiger partial charge in [0.1, 0.15) is 0 Å². The van der Waals surface area contributed by atoms with Gasteiger partial charge in [-0.25, -0.2) is 0 Å². The summed E-state index contributed by atoms with van der Waals surface area (Å²) >= 11 is 3.39. The Morgan fingerprint density at radius 1 is 1.28 bits per heavy atom. The van der Waals surface area contributed by atoms with Gasteiger partial charge in [0.05, 0.1) is 11.6 Å².